The van der Waals surface area contributed by atoms with Gasteiger partial charge in [-0.15, -0.1) is 0 Å². The normalized spacial score (nSPS) is 22.6. The highest BCUT2D eigenvalue weighted by Gasteiger charge is 2.25. The average molecular weight is 268 g/mol. The maximum absolute atomic E-state index is 12.1. The number of amides is 2. The van der Waals surface area contributed by atoms with Gasteiger partial charge in [-0.3, -0.25) is 9.59 Å². The summed E-state index contributed by atoms with van der Waals surface area (Å²) in [7, 11) is 4.11. The minimum absolute atomic E-state index is 0.0166. The summed E-state index contributed by atoms with van der Waals surface area (Å²) in [6.07, 6.45) is 0.0351. The Hall–Kier alpha value is -1.14. The number of likely N-dealkylation sites (N-methyl/N-ethyl adjacent to an activating group) is 2. The molecule has 2 aliphatic heterocycles. The molecule has 2 fully saturated rings. The van der Waals surface area contributed by atoms with Gasteiger partial charge in [0, 0.05) is 52.4 Å². The summed E-state index contributed by atoms with van der Waals surface area (Å²) in [6.45, 7) is 6.55. The summed E-state index contributed by atoms with van der Waals surface area (Å²) in [5.74, 6) is -0.0333. The summed E-state index contributed by atoms with van der Waals surface area (Å²) < 4.78 is 0. The van der Waals surface area contributed by atoms with E-state index < -0.39 is 0 Å². The molecule has 0 saturated carbocycles. The predicted molar refractivity (Wildman–Crippen MR) is 72.8 cm³/mol. The van der Waals surface area contributed by atoms with Crippen LogP contribution in [0.15, 0.2) is 0 Å². The molecule has 0 aromatic rings. The number of hydrogen-bond donors (Lipinski definition) is 0. The Labute approximate surface area is 114 Å². The second-order valence-electron chi connectivity index (χ2n) is 5.54. The van der Waals surface area contributed by atoms with Gasteiger partial charge in [0.15, 0.2) is 0 Å². The van der Waals surface area contributed by atoms with Gasteiger partial charge in [0.05, 0.1) is 0 Å². The molecule has 0 atom stereocenters. The highest BCUT2D eigenvalue weighted by atomic mass is 16.2. The van der Waals surface area contributed by atoms with E-state index in [2.05, 4.69) is 23.9 Å². The van der Waals surface area contributed by atoms with Gasteiger partial charge < -0.3 is 19.6 Å². The number of carbonyl (C=O) groups is 2. The molecule has 2 saturated heterocycles. The molecule has 2 heterocycles. The van der Waals surface area contributed by atoms with Crippen molar-refractivity contribution >= 4 is 11.8 Å². The van der Waals surface area contributed by atoms with E-state index in [1.165, 1.54) is 0 Å². The standard InChI is InChI=1S/C13H24N4O2/c1-14-3-7-16(8-4-14)12(18)11-13(19)17-9-5-15(2)6-10-17/h3-11H2,1-2H3. The minimum Gasteiger partial charge on any atom is -0.340 e. The molecule has 0 aromatic carbocycles. The summed E-state index contributed by atoms with van der Waals surface area (Å²) in [6, 6.07) is 0. The van der Waals surface area contributed by atoms with Crippen molar-refractivity contribution < 1.29 is 9.59 Å². The maximum atomic E-state index is 12.1. The predicted octanol–water partition coefficient (Wildman–Crippen LogP) is -1.08. The van der Waals surface area contributed by atoms with Crippen LogP contribution in [0.3, 0.4) is 0 Å². The number of piperazine rings is 2. The molecule has 0 unspecified atom stereocenters. The Kier molecular flexibility index (Phi) is 4.76. The maximum Gasteiger partial charge on any atom is 0.232 e. The van der Waals surface area contributed by atoms with Crippen molar-refractivity contribution in [1.29, 1.82) is 0 Å². The van der Waals surface area contributed by atoms with Crippen LogP contribution in [-0.2, 0) is 9.59 Å². The molecule has 0 bridgehead atoms. The van der Waals surface area contributed by atoms with Crippen molar-refractivity contribution in [2.24, 2.45) is 0 Å². The van der Waals surface area contributed by atoms with Crippen LogP contribution < -0.4 is 0 Å². The topological polar surface area (TPSA) is 47.1 Å². The highest BCUT2D eigenvalue weighted by Crippen LogP contribution is 2.06. The Morgan fingerprint density at radius 2 is 1.00 bits per heavy atom. The van der Waals surface area contributed by atoms with Crippen molar-refractivity contribution in [3.05, 3.63) is 0 Å². The molecule has 0 aliphatic carbocycles. The van der Waals surface area contributed by atoms with E-state index in [1.807, 2.05) is 9.80 Å². The van der Waals surface area contributed by atoms with Gasteiger partial charge in [0.1, 0.15) is 6.42 Å². The molecule has 2 rings (SSSR count). The van der Waals surface area contributed by atoms with E-state index in [-0.39, 0.29) is 18.2 Å². The SMILES string of the molecule is CN1CCN(C(=O)CC(=O)N2CCN(C)CC2)CC1. The zero-order valence-electron chi connectivity index (χ0n) is 12.0. The number of rotatable bonds is 2. The van der Waals surface area contributed by atoms with Gasteiger partial charge in [0.25, 0.3) is 0 Å². The van der Waals surface area contributed by atoms with Crippen LogP contribution in [0.5, 0.6) is 0 Å². The van der Waals surface area contributed by atoms with Gasteiger partial charge in [-0.25, -0.2) is 0 Å². The fourth-order valence-corrected chi connectivity index (χ4v) is 2.46. The third-order valence-electron chi connectivity index (χ3n) is 4.01. The van der Waals surface area contributed by atoms with Crippen molar-refractivity contribution in [3.63, 3.8) is 0 Å². The van der Waals surface area contributed by atoms with E-state index >= 15 is 0 Å². The van der Waals surface area contributed by atoms with E-state index in [0.717, 1.165) is 52.4 Å². The zero-order chi connectivity index (χ0) is 13.8. The molecule has 2 aliphatic rings. The first kappa shape index (κ1) is 14.3. The Bertz CT molecular complexity index is 300. The molecule has 6 nitrogen and oxygen atoms in total. The summed E-state index contributed by atoms with van der Waals surface area (Å²) in [5, 5.41) is 0. The van der Waals surface area contributed by atoms with E-state index in [0.29, 0.717) is 0 Å². The lowest BCUT2D eigenvalue weighted by molar-refractivity contribution is -0.142. The first-order valence-corrected chi connectivity index (χ1v) is 6.99. The Balaban J connectivity index is 1.77. The number of carbonyl (C=O) groups excluding carboxylic acids is 2. The molecule has 19 heavy (non-hydrogen) atoms. The summed E-state index contributed by atoms with van der Waals surface area (Å²) >= 11 is 0. The number of hydrogen-bond acceptors (Lipinski definition) is 4. The van der Waals surface area contributed by atoms with Crippen LogP contribution in [0.1, 0.15) is 6.42 Å². The molecule has 0 radical (unpaired) electrons. The van der Waals surface area contributed by atoms with Gasteiger partial charge >= 0.3 is 0 Å². The van der Waals surface area contributed by atoms with Gasteiger partial charge in [-0.2, -0.15) is 0 Å². The Morgan fingerprint density at radius 3 is 1.32 bits per heavy atom. The van der Waals surface area contributed by atoms with Crippen LogP contribution in [0.4, 0.5) is 0 Å². The van der Waals surface area contributed by atoms with E-state index in [4.69, 9.17) is 0 Å². The molecular weight excluding hydrogens is 244 g/mol. The largest absolute Gasteiger partial charge is 0.340 e. The average Bonchev–Trinajstić information content (AvgIpc) is 2.40. The minimum atomic E-state index is -0.0166. The van der Waals surface area contributed by atoms with E-state index in [9.17, 15) is 9.59 Å². The zero-order valence-corrected chi connectivity index (χ0v) is 12.0. The fourth-order valence-electron chi connectivity index (χ4n) is 2.46. The molecule has 2 amide bonds. The van der Waals surface area contributed by atoms with Crippen LogP contribution >= 0.6 is 0 Å². The van der Waals surface area contributed by atoms with Crippen LogP contribution in [0.2, 0.25) is 0 Å². The first-order valence-electron chi connectivity index (χ1n) is 6.99. The van der Waals surface area contributed by atoms with Gasteiger partial charge in [0.2, 0.25) is 11.8 Å². The van der Waals surface area contributed by atoms with Crippen LogP contribution in [0.25, 0.3) is 0 Å². The van der Waals surface area contributed by atoms with Crippen molar-refractivity contribution in [3.8, 4) is 0 Å². The molecule has 0 N–H and O–H groups in total. The quantitative estimate of drug-likeness (QED) is 0.598. The van der Waals surface area contributed by atoms with Crippen molar-refractivity contribution in [1.82, 2.24) is 19.6 Å². The monoisotopic (exact) mass is 268 g/mol. The highest BCUT2D eigenvalue weighted by molar-refractivity contribution is 5.97. The molecule has 108 valence electrons. The second kappa shape index (κ2) is 6.34. The number of nitrogens with zero attached hydrogens (tertiary/aromatic N) is 4. The van der Waals surface area contributed by atoms with Crippen LogP contribution in [-0.4, -0.2) is 97.9 Å². The molecular formula is C13H24N4O2. The van der Waals surface area contributed by atoms with Gasteiger partial charge in [-0.1, -0.05) is 0 Å². The lowest BCUT2D eigenvalue weighted by atomic mass is 10.2. The van der Waals surface area contributed by atoms with E-state index in [1.54, 1.807) is 0 Å². The molecule has 6 heteroatoms. The van der Waals surface area contributed by atoms with Gasteiger partial charge in [-0.05, 0) is 14.1 Å². The first-order chi connectivity index (χ1) is 9.06. The van der Waals surface area contributed by atoms with Crippen LogP contribution in [0, 0.1) is 0 Å². The summed E-state index contributed by atoms with van der Waals surface area (Å²) in [4.78, 5) is 32.2. The molecule has 0 aromatic heterocycles. The Morgan fingerprint density at radius 1 is 0.684 bits per heavy atom. The van der Waals surface area contributed by atoms with Crippen molar-refractivity contribution in [2.45, 2.75) is 6.42 Å². The lowest BCUT2D eigenvalue weighted by Gasteiger charge is -2.34. The second-order valence-corrected chi connectivity index (χ2v) is 5.54. The lowest BCUT2D eigenvalue weighted by Crippen LogP contribution is -2.50. The van der Waals surface area contributed by atoms with Crippen molar-refractivity contribution in [2.75, 3.05) is 66.5 Å². The molecule has 0 spiro atoms. The smallest absolute Gasteiger partial charge is 0.232 e. The summed E-state index contributed by atoms with van der Waals surface area (Å²) in [5.41, 5.74) is 0. The third-order valence-corrected chi connectivity index (χ3v) is 4.01. The fraction of sp³-hybridized carbons (Fsp3) is 0.846. The third kappa shape index (κ3) is 3.91.